The molecule has 1 aliphatic rings. The number of halogens is 6. The van der Waals surface area contributed by atoms with Crippen LogP contribution in [-0.2, 0) is 12.4 Å². The summed E-state index contributed by atoms with van der Waals surface area (Å²) in [5.74, 6) is 0.501. The molecule has 1 fully saturated rings. The molecule has 0 atom stereocenters. The van der Waals surface area contributed by atoms with E-state index in [4.69, 9.17) is 0 Å². The summed E-state index contributed by atoms with van der Waals surface area (Å²) >= 11 is 0. The Kier molecular flexibility index (Phi) is 3.77. The Morgan fingerprint density at radius 2 is 1.52 bits per heavy atom. The van der Waals surface area contributed by atoms with Gasteiger partial charge in [0.25, 0.3) is 0 Å². The third kappa shape index (κ3) is 3.40. The zero-order valence-corrected chi connectivity index (χ0v) is 10.8. The highest BCUT2D eigenvalue weighted by atomic mass is 19.4. The van der Waals surface area contributed by atoms with Crippen LogP contribution in [0.25, 0.3) is 0 Å². The molecule has 0 saturated carbocycles. The fourth-order valence-electron chi connectivity index (χ4n) is 1.94. The standard InChI is InChI=1S/C12H11F6N3/c1-19-10-2-3-21(20-10)9-5-7(11(13,14)15)4-8(6-9)12(16,17)18/h4-6H,2-3H2,1H3,(H,19,20). The van der Waals surface area contributed by atoms with Crippen molar-refractivity contribution in [2.75, 3.05) is 18.6 Å². The van der Waals surface area contributed by atoms with E-state index >= 15 is 0 Å². The van der Waals surface area contributed by atoms with Crippen LogP contribution >= 0.6 is 0 Å². The maximum atomic E-state index is 12.7. The van der Waals surface area contributed by atoms with Gasteiger partial charge in [0.2, 0.25) is 0 Å². The second-order valence-electron chi connectivity index (χ2n) is 4.45. The van der Waals surface area contributed by atoms with Gasteiger partial charge in [0.1, 0.15) is 5.84 Å². The lowest BCUT2D eigenvalue weighted by Gasteiger charge is -2.21. The zero-order chi connectivity index (χ0) is 15.8. The molecule has 9 heteroatoms. The summed E-state index contributed by atoms with van der Waals surface area (Å²) in [6.45, 7) is 0.241. The largest absolute Gasteiger partial charge is 0.416 e. The molecule has 0 bridgehead atoms. The Hall–Kier alpha value is -1.93. The Morgan fingerprint density at radius 3 is 1.90 bits per heavy atom. The summed E-state index contributed by atoms with van der Waals surface area (Å²) in [6, 6.07) is 1.47. The summed E-state index contributed by atoms with van der Waals surface area (Å²) in [5.41, 5.74) is -0.210. The molecule has 1 heterocycles. The van der Waals surface area contributed by atoms with Crippen LogP contribution in [0.15, 0.2) is 23.2 Å². The Bertz CT molecular complexity index is 529. The van der Waals surface area contributed by atoms with Crippen LogP contribution in [0.4, 0.5) is 32.0 Å². The van der Waals surface area contributed by atoms with E-state index in [1.807, 2.05) is 0 Å². The van der Waals surface area contributed by atoms with Crippen molar-refractivity contribution in [1.82, 2.24) is 5.43 Å². The Morgan fingerprint density at radius 1 is 1.00 bits per heavy atom. The lowest BCUT2D eigenvalue weighted by Crippen LogP contribution is -2.33. The molecule has 1 aliphatic heterocycles. The van der Waals surface area contributed by atoms with Gasteiger partial charge in [-0.3, -0.25) is 15.4 Å². The summed E-state index contributed by atoms with van der Waals surface area (Å²) in [4.78, 5) is 3.83. The number of amidine groups is 1. The normalized spacial score (nSPS) is 18.2. The molecule has 0 spiro atoms. The predicted molar refractivity (Wildman–Crippen MR) is 64.9 cm³/mol. The molecule has 1 saturated heterocycles. The predicted octanol–water partition coefficient (Wildman–Crippen LogP) is 3.47. The van der Waals surface area contributed by atoms with Gasteiger partial charge in [0.05, 0.1) is 16.8 Å². The smallest absolute Gasteiger partial charge is 0.286 e. The Labute approximate surface area is 116 Å². The first-order valence-corrected chi connectivity index (χ1v) is 5.90. The average Bonchev–Trinajstić information content (AvgIpc) is 2.85. The van der Waals surface area contributed by atoms with Crippen molar-refractivity contribution < 1.29 is 26.3 Å². The van der Waals surface area contributed by atoms with Gasteiger partial charge in [0.15, 0.2) is 0 Å². The minimum atomic E-state index is -4.85. The van der Waals surface area contributed by atoms with Gasteiger partial charge in [-0.1, -0.05) is 0 Å². The minimum Gasteiger partial charge on any atom is -0.286 e. The molecule has 1 N–H and O–H groups in total. The summed E-state index contributed by atoms with van der Waals surface area (Å²) in [5, 5.41) is 1.22. The number of hydrazine groups is 1. The Balaban J connectivity index is 2.46. The number of hydrogen-bond acceptors (Lipinski definition) is 2. The van der Waals surface area contributed by atoms with Crippen molar-refractivity contribution in [3.8, 4) is 0 Å². The molecule has 2 rings (SSSR count). The van der Waals surface area contributed by atoms with Crippen molar-refractivity contribution in [3.05, 3.63) is 29.3 Å². The van der Waals surface area contributed by atoms with Gasteiger partial charge < -0.3 is 0 Å². The van der Waals surface area contributed by atoms with E-state index in [0.717, 1.165) is 0 Å². The van der Waals surface area contributed by atoms with E-state index in [-0.39, 0.29) is 18.3 Å². The molecule has 1 aromatic rings. The molecular weight excluding hydrogens is 300 g/mol. The second-order valence-corrected chi connectivity index (χ2v) is 4.45. The van der Waals surface area contributed by atoms with Crippen LogP contribution in [-0.4, -0.2) is 19.4 Å². The van der Waals surface area contributed by atoms with Gasteiger partial charge in [-0.2, -0.15) is 26.3 Å². The van der Waals surface area contributed by atoms with Crippen LogP contribution in [0.2, 0.25) is 0 Å². The number of hydrogen-bond donors (Lipinski definition) is 1. The molecule has 3 nitrogen and oxygen atoms in total. The van der Waals surface area contributed by atoms with E-state index < -0.39 is 23.5 Å². The SMILES string of the molecule is CN=C1CCN(c2cc(C(F)(F)F)cc(C(F)(F)F)c2)N1. The molecule has 0 aliphatic carbocycles. The lowest BCUT2D eigenvalue weighted by atomic mass is 10.1. The van der Waals surface area contributed by atoms with E-state index in [9.17, 15) is 26.3 Å². The fourth-order valence-corrected chi connectivity index (χ4v) is 1.94. The monoisotopic (exact) mass is 311 g/mol. The topological polar surface area (TPSA) is 27.6 Å². The van der Waals surface area contributed by atoms with E-state index in [1.54, 1.807) is 0 Å². The van der Waals surface area contributed by atoms with Crippen LogP contribution in [0.3, 0.4) is 0 Å². The van der Waals surface area contributed by atoms with Gasteiger partial charge in [0, 0.05) is 20.0 Å². The highest BCUT2D eigenvalue weighted by Crippen LogP contribution is 2.38. The third-order valence-electron chi connectivity index (χ3n) is 2.99. The maximum Gasteiger partial charge on any atom is 0.416 e. The number of nitrogens with zero attached hydrogens (tertiary/aromatic N) is 2. The zero-order valence-electron chi connectivity index (χ0n) is 10.8. The first-order valence-electron chi connectivity index (χ1n) is 5.90. The second kappa shape index (κ2) is 5.12. The highest BCUT2D eigenvalue weighted by molar-refractivity contribution is 5.86. The highest BCUT2D eigenvalue weighted by Gasteiger charge is 2.37. The summed E-state index contributed by atoms with van der Waals surface area (Å²) in [7, 11) is 1.49. The third-order valence-corrected chi connectivity index (χ3v) is 2.99. The van der Waals surface area contributed by atoms with Crippen LogP contribution in [0.1, 0.15) is 17.5 Å². The number of anilines is 1. The van der Waals surface area contributed by atoms with Gasteiger partial charge in [-0.05, 0) is 18.2 Å². The van der Waals surface area contributed by atoms with E-state index in [1.165, 1.54) is 12.1 Å². The fraction of sp³-hybridized carbons (Fsp3) is 0.417. The van der Waals surface area contributed by atoms with Crippen LogP contribution in [0, 0.1) is 0 Å². The molecule has 21 heavy (non-hydrogen) atoms. The lowest BCUT2D eigenvalue weighted by molar-refractivity contribution is -0.143. The van der Waals surface area contributed by atoms with Crippen LogP contribution < -0.4 is 10.4 Å². The van der Waals surface area contributed by atoms with E-state index in [2.05, 4.69) is 10.4 Å². The van der Waals surface area contributed by atoms with Crippen molar-refractivity contribution >= 4 is 11.5 Å². The minimum absolute atomic E-state index is 0.106. The number of benzene rings is 1. The average molecular weight is 311 g/mol. The molecule has 116 valence electrons. The summed E-state index contributed by atoms with van der Waals surface area (Å²) in [6.07, 6.45) is -9.27. The first kappa shape index (κ1) is 15.5. The number of aliphatic imine (C=N–C) groups is 1. The quantitative estimate of drug-likeness (QED) is 0.804. The van der Waals surface area contributed by atoms with Crippen molar-refractivity contribution in [2.45, 2.75) is 18.8 Å². The number of nitrogens with one attached hydrogen (secondary N) is 1. The molecule has 0 radical (unpaired) electrons. The number of rotatable bonds is 1. The van der Waals surface area contributed by atoms with Gasteiger partial charge in [-0.15, -0.1) is 0 Å². The molecule has 0 unspecified atom stereocenters. The molecule has 0 amide bonds. The molecular formula is C12H11F6N3. The van der Waals surface area contributed by atoms with Crippen LogP contribution in [0.5, 0.6) is 0 Å². The van der Waals surface area contributed by atoms with Crippen molar-refractivity contribution in [2.24, 2.45) is 4.99 Å². The van der Waals surface area contributed by atoms with Gasteiger partial charge >= 0.3 is 12.4 Å². The first-order chi connectivity index (χ1) is 9.61. The molecule has 1 aromatic carbocycles. The van der Waals surface area contributed by atoms with Crippen molar-refractivity contribution in [3.63, 3.8) is 0 Å². The molecule has 0 aromatic heterocycles. The number of alkyl halides is 6. The van der Waals surface area contributed by atoms with Gasteiger partial charge in [-0.25, -0.2) is 0 Å². The maximum absolute atomic E-state index is 12.7. The summed E-state index contributed by atoms with van der Waals surface area (Å²) < 4.78 is 76.4. The van der Waals surface area contributed by atoms with E-state index in [0.29, 0.717) is 24.4 Å². The van der Waals surface area contributed by atoms with Crippen molar-refractivity contribution in [1.29, 1.82) is 0 Å².